The number of carboxylic acid groups (broad SMARTS) is 1. The molecule has 0 fully saturated rings. The molecule has 4 nitrogen and oxygen atoms in total. The predicted octanol–water partition coefficient (Wildman–Crippen LogP) is 3.15. The molecule has 1 aromatic rings. The lowest BCUT2D eigenvalue weighted by Crippen LogP contribution is -2.26. The molecule has 94 valence electrons. The lowest BCUT2D eigenvalue weighted by molar-refractivity contribution is -0.145. The Bertz CT molecular complexity index is 420. The van der Waals surface area contributed by atoms with Crippen molar-refractivity contribution in [3.05, 3.63) is 19.3 Å². The van der Waals surface area contributed by atoms with Crippen LogP contribution in [0.4, 0.5) is 0 Å². The van der Waals surface area contributed by atoms with E-state index in [1.165, 1.54) is 0 Å². The van der Waals surface area contributed by atoms with E-state index in [1.807, 2.05) is 6.07 Å². The van der Waals surface area contributed by atoms with Gasteiger partial charge in [0.05, 0.1) is 10.7 Å². The maximum absolute atomic E-state index is 10.9. The summed E-state index contributed by atoms with van der Waals surface area (Å²) in [7, 11) is 1.54. The molecular weight excluding hydrogens is 450 g/mol. The molecule has 0 aliphatic rings. The first kappa shape index (κ1) is 14.8. The SMILES string of the molecule is CCC(Oc1cc(I)cc(I)c1OC)C(=O)O. The standard InChI is InChI=1S/C11H12I2O4/c1-3-8(11(14)15)17-9-5-6(12)4-7(13)10(9)16-2/h4-5,8H,3H2,1-2H3,(H,14,15). The van der Waals surface area contributed by atoms with Crippen molar-refractivity contribution in [2.24, 2.45) is 0 Å². The molecule has 0 spiro atoms. The van der Waals surface area contributed by atoms with Crippen LogP contribution in [0.5, 0.6) is 11.5 Å². The Labute approximate surface area is 127 Å². The van der Waals surface area contributed by atoms with Gasteiger partial charge in [-0.3, -0.25) is 0 Å². The third kappa shape index (κ3) is 3.87. The molecule has 0 aromatic heterocycles. The van der Waals surface area contributed by atoms with Gasteiger partial charge in [0.25, 0.3) is 0 Å². The number of hydrogen-bond donors (Lipinski definition) is 1. The first-order chi connectivity index (χ1) is 7.99. The van der Waals surface area contributed by atoms with Gasteiger partial charge in [-0.25, -0.2) is 4.79 Å². The van der Waals surface area contributed by atoms with Crippen LogP contribution in [0.2, 0.25) is 0 Å². The summed E-state index contributed by atoms with van der Waals surface area (Å²) < 4.78 is 12.6. The second kappa shape index (κ2) is 6.62. The number of aliphatic carboxylic acids is 1. The van der Waals surface area contributed by atoms with Crippen LogP contribution in [0, 0.1) is 7.14 Å². The average molecular weight is 462 g/mol. The van der Waals surface area contributed by atoms with Crippen molar-refractivity contribution in [2.45, 2.75) is 19.4 Å². The quantitative estimate of drug-likeness (QED) is 0.684. The van der Waals surface area contributed by atoms with Crippen molar-refractivity contribution in [1.82, 2.24) is 0 Å². The van der Waals surface area contributed by atoms with E-state index in [0.717, 1.165) is 7.14 Å². The van der Waals surface area contributed by atoms with Gasteiger partial charge in [0.15, 0.2) is 17.6 Å². The molecule has 0 saturated heterocycles. The van der Waals surface area contributed by atoms with Crippen LogP contribution >= 0.6 is 45.2 Å². The van der Waals surface area contributed by atoms with Crippen LogP contribution in [-0.2, 0) is 4.79 Å². The second-order valence-electron chi connectivity index (χ2n) is 3.27. The lowest BCUT2D eigenvalue weighted by atomic mass is 10.2. The van der Waals surface area contributed by atoms with E-state index in [4.69, 9.17) is 14.6 Å². The zero-order chi connectivity index (χ0) is 13.0. The van der Waals surface area contributed by atoms with Gasteiger partial charge in [0.2, 0.25) is 0 Å². The highest BCUT2D eigenvalue weighted by atomic mass is 127. The number of halogens is 2. The van der Waals surface area contributed by atoms with Crippen molar-refractivity contribution < 1.29 is 19.4 Å². The minimum absolute atomic E-state index is 0.403. The number of methoxy groups -OCH3 is 1. The highest BCUT2D eigenvalue weighted by molar-refractivity contribution is 14.1. The van der Waals surface area contributed by atoms with E-state index in [-0.39, 0.29) is 0 Å². The fraction of sp³-hybridized carbons (Fsp3) is 0.364. The fourth-order valence-corrected chi connectivity index (χ4v) is 3.30. The monoisotopic (exact) mass is 462 g/mol. The smallest absolute Gasteiger partial charge is 0.344 e. The summed E-state index contributed by atoms with van der Waals surface area (Å²) in [6.45, 7) is 1.77. The molecule has 1 aromatic carbocycles. The Morgan fingerprint density at radius 3 is 2.59 bits per heavy atom. The molecule has 0 radical (unpaired) electrons. The summed E-state index contributed by atoms with van der Waals surface area (Å²) in [5, 5.41) is 8.97. The largest absolute Gasteiger partial charge is 0.492 e. The van der Waals surface area contributed by atoms with Crippen LogP contribution < -0.4 is 9.47 Å². The molecule has 0 heterocycles. The van der Waals surface area contributed by atoms with Gasteiger partial charge < -0.3 is 14.6 Å². The van der Waals surface area contributed by atoms with Gasteiger partial charge in [0.1, 0.15) is 0 Å². The van der Waals surface area contributed by atoms with E-state index < -0.39 is 12.1 Å². The van der Waals surface area contributed by atoms with Gasteiger partial charge in [0, 0.05) is 3.57 Å². The minimum Gasteiger partial charge on any atom is -0.492 e. The van der Waals surface area contributed by atoms with Crippen molar-refractivity contribution in [1.29, 1.82) is 0 Å². The Morgan fingerprint density at radius 2 is 2.12 bits per heavy atom. The van der Waals surface area contributed by atoms with Crippen molar-refractivity contribution in [3.8, 4) is 11.5 Å². The molecular formula is C11H12I2O4. The molecule has 0 aliphatic heterocycles. The highest BCUT2D eigenvalue weighted by Crippen LogP contribution is 2.35. The number of ether oxygens (including phenoxy) is 2. The fourth-order valence-electron chi connectivity index (χ4n) is 1.28. The van der Waals surface area contributed by atoms with Gasteiger partial charge in [-0.1, -0.05) is 6.92 Å². The number of benzene rings is 1. The highest BCUT2D eigenvalue weighted by Gasteiger charge is 2.20. The lowest BCUT2D eigenvalue weighted by Gasteiger charge is -2.17. The third-order valence-corrected chi connectivity index (χ3v) is 3.52. The van der Waals surface area contributed by atoms with Crippen LogP contribution in [-0.4, -0.2) is 24.3 Å². The third-order valence-electron chi connectivity index (χ3n) is 2.09. The molecule has 0 amide bonds. The summed E-state index contributed by atoms with van der Waals surface area (Å²) in [4.78, 5) is 10.9. The van der Waals surface area contributed by atoms with Gasteiger partial charge in [-0.05, 0) is 63.7 Å². The molecule has 0 aliphatic carbocycles. The molecule has 0 saturated carbocycles. The normalized spacial score (nSPS) is 12.0. The van der Waals surface area contributed by atoms with Gasteiger partial charge in [-0.2, -0.15) is 0 Å². The topological polar surface area (TPSA) is 55.8 Å². The van der Waals surface area contributed by atoms with E-state index in [2.05, 4.69) is 45.2 Å². The Kier molecular flexibility index (Phi) is 5.77. The average Bonchev–Trinajstić information content (AvgIpc) is 2.24. The maximum atomic E-state index is 10.9. The summed E-state index contributed by atoms with van der Waals surface area (Å²) in [6.07, 6.45) is -0.446. The van der Waals surface area contributed by atoms with Crippen molar-refractivity contribution >= 4 is 51.2 Å². The van der Waals surface area contributed by atoms with Crippen LogP contribution in [0.3, 0.4) is 0 Å². The Morgan fingerprint density at radius 1 is 1.47 bits per heavy atom. The predicted molar refractivity (Wildman–Crippen MR) is 80.8 cm³/mol. The number of carbonyl (C=O) groups is 1. The molecule has 1 atom stereocenters. The molecule has 0 bridgehead atoms. The van der Waals surface area contributed by atoms with Crippen LogP contribution in [0.25, 0.3) is 0 Å². The first-order valence-electron chi connectivity index (χ1n) is 4.92. The zero-order valence-electron chi connectivity index (χ0n) is 9.37. The number of carboxylic acids is 1. The van der Waals surface area contributed by atoms with Crippen molar-refractivity contribution in [3.63, 3.8) is 0 Å². The van der Waals surface area contributed by atoms with Crippen molar-refractivity contribution in [2.75, 3.05) is 7.11 Å². The van der Waals surface area contributed by atoms with Crippen LogP contribution in [0.1, 0.15) is 13.3 Å². The number of rotatable bonds is 5. The summed E-state index contributed by atoms with van der Waals surface area (Å²) in [6, 6.07) is 3.71. The maximum Gasteiger partial charge on any atom is 0.344 e. The molecule has 6 heteroatoms. The molecule has 1 N–H and O–H groups in total. The van der Waals surface area contributed by atoms with Gasteiger partial charge in [-0.15, -0.1) is 0 Å². The van der Waals surface area contributed by atoms with Gasteiger partial charge >= 0.3 is 5.97 Å². The van der Waals surface area contributed by atoms with E-state index in [9.17, 15) is 4.79 Å². The minimum atomic E-state index is -0.969. The molecule has 1 rings (SSSR count). The zero-order valence-corrected chi connectivity index (χ0v) is 13.7. The number of hydrogen-bond acceptors (Lipinski definition) is 3. The van der Waals surface area contributed by atoms with E-state index in [1.54, 1.807) is 20.1 Å². The Hall–Kier alpha value is -0.250. The van der Waals surface area contributed by atoms with E-state index in [0.29, 0.717) is 17.9 Å². The summed E-state index contributed by atoms with van der Waals surface area (Å²) >= 11 is 4.28. The second-order valence-corrected chi connectivity index (χ2v) is 5.68. The summed E-state index contributed by atoms with van der Waals surface area (Å²) in [5.41, 5.74) is 0. The molecule has 17 heavy (non-hydrogen) atoms. The first-order valence-corrected chi connectivity index (χ1v) is 7.07. The van der Waals surface area contributed by atoms with E-state index >= 15 is 0 Å². The summed E-state index contributed by atoms with van der Waals surface area (Å²) in [5.74, 6) is 0.0761. The Balaban J connectivity index is 3.08. The molecule has 1 unspecified atom stereocenters. The van der Waals surface area contributed by atoms with Crippen LogP contribution in [0.15, 0.2) is 12.1 Å².